The molecule has 0 spiro atoms. The third kappa shape index (κ3) is 3.35. The van der Waals surface area contributed by atoms with Crippen LogP contribution in [0.25, 0.3) is 0 Å². The molecule has 0 bridgehead atoms. The van der Waals surface area contributed by atoms with Gasteiger partial charge in [0.2, 0.25) is 0 Å². The first-order valence-corrected chi connectivity index (χ1v) is 5.80. The summed E-state index contributed by atoms with van der Waals surface area (Å²) in [6, 6.07) is 11.9. The maximum absolute atomic E-state index is 13.3. The van der Waals surface area contributed by atoms with Crippen molar-refractivity contribution in [1.82, 2.24) is 5.43 Å². The Morgan fingerprint density at radius 3 is 2.63 bits per heavy atom. The minimum Gasteiger partial charge on any atom is -0.504 e. The molecule has 0 aliphatic heterocycles. The van der Waals surface area contributed by atoms with E-state index in [0.717, 1.165) is 11.8 Å². The van der Waals surface area contributed by atoms with E-state index in [-0.39, 0.29) is 18.0 Å². The lowest BCUT2D eigenvalue weighted by molar-refractivity contribution is 0.366. The molecule has 3 N–H and O–H groups in total. The number of ether oxygens (including phenoxy) is 1. The average Bonchev–Trinajstić information content (AvgIpc) is 2.43. The van der Waals surface area contributed by atoms with Crippen LogP contribution in [0.4, 0.5) is 10.1 Å². The molecule has 100 valence electrons. The van der Waals surface area contributed by atoms with E-state index in [9.17, 15) is 9.50 Å². The number of anilines is 1. The second-order valence-corrected chi connectivity index (χ2v) is 3.96. The molecule has 2 rings (SSSR count). The summed E-state index contributed by atoms with van der Waals surface area (Å²) >= 11 is 0. The quantitative estimate of drug-likeness (QED) is 0.725. The second-order valence-electron chi connectivity index (χ2n) is 3.96. The van der Waals surface area contributed by atoms with Crippen molar-refractivity contribution in [3.8, 4) is 11.5 Å². The number of hydrogen-bond acceptors (Lipinski definition) is 4. The summed E-state index contributed by atoms with van der Waals surface area (Å²) in [4.78, 5) is 0. The zero-order valence-electron chi connectivity index (χ0n) is 10.5. The lowest BCUT2D eigenvalue weighted by Crippen LogP contribution is -2.21. The molecule has 0 atom stereocenters. The summed E-state index contributed by atoms with van der Waals surface area (Å²) in [5.41, 5.74) is 7.15. The molecule has 2 aromatic carbocycles. The van der Waals surface area contributed by atoms with Crippen molar-refractivity contribution in [3.05, 3.63) is 53.8 Å². The van der Waals surface area contributed by atoms with E-state index in [0.29, 0.717) is 5.56 Å². The Kier molecular flexibility index (Phi) is 4.20. The maximum atomic E-state index is 13.3. The number of hydrazine groups is 1. The maximum Gasteiger partial charge on any atom is 0.163 e. The second kappa shape index (κ2) is 6.06. The number of rotatable bonds is 5. The van der Waals surface area contributed by atoms with Crippen LogP contribution in [0.1, 0.15) is 5.56 Å². The monoisotopic (exact) mass is 262 g/mol. The van der Waals surface area contributed by atoms with Crippen LogP contribution in [-0.4, -0.2) is 12.2 Å². The Morgan fingerprint density at radius 1 is 1.21 bits per heavy atom. The molecule has 0 radical (unpaired) electrons. The Labute approximate surface area is 110 Å². The Morgan fingerprint density at radius 2 is 1.95 bits per heavy atom. The molecule has 0 amide bonds. The highest BCUT2D eigenvalue weighted by Crippen LogP contribution is 2.30. The molecule has 4 nitrogen and oxygen atoms in total. The van der Waals surface area contributed by atoms with Crippen molar-refractivity contribution in [3.63, 3.8) is 0 Å². The summed E-state index contributed by atoms with van der Waals surface area (Å²) < 4.78 is 18.2. The van der Waals surface area contributed by atoms with Crippen LogP contribution in [0.2, 0.25) is 0 Å². The van der Waals surface area contributed by atoms with Gasteiger partial charge >= 0.3 is 0 Å². The van der Waals surface area contributed by atoms with Crippen LogP contribution in [0.3, 0.4) is 0 Å². The van der Waals surface area contributed by atoms with E-state index in [4.69, 9.17) is 4.74 Å². The highest BCUT2D eigenvalue weighted by Gasteiger charge is 2.10. The fraction of sp³-hybridized carbons (Fsp3) is 0.143. The van der Waals surface area contributed by atoms with Crippen LogP contribution in [-0.2, 0) is 6.54 Å². The van der Waals surface area contributed by atoms with Gasteiger partial charge in [0.15, 0.2) is 11.5 Å². The molecule has 0 saturated heterocycles. The van der Waals surface area contributed by atoms with Crippen molar-refractivity contribution in [2.24, 2.45) is 0 Å². The van der Waals surface area contributed by atoms with Crippen molar-refractivity contribution < 1.29 is 14.2 Å². The number of hydrogen-bond donors (Lipinski definition) is 3. The van der Waals surface area contributed by atoms with E-state index in [2.05, 4.69) is 10.9 Å². The zero-order chi connectivity index (χ0) is 13.7. The first-order valence-electron chi connectivity index (χ1n) is 5.80. The summed E-state index contributed by atoms with van der Waals surface area (Å²) in [6.07, 6.45) is 0. The highest BCUT2D eigenvalue weighted by molar-refractivity contribution is 5.46. The van der Waals surface area contributed by atoms with Gasteiger partial charge in [0, 0.05) is 23.9 Å². The molecule has 2 aromatic rings. The molecule has 0 aliphatic rings. The molecule has 0 unspecified atom stereocenters. The number of phenolic OH excluding ortho intramolecular Hbond substituents is 1. The predicted molar refractivity (Wildman–Crippen MR) is 71.5 cm³/mol. The van der Waals surface area contributed by atoms with E-state index in [1.165, 1.54) is 13.2 Å². The third-order valence-electron chi connectivity index (χ3n) is 2.62. The Hall–Kier alpha value is -2.27. The number of phenols is 1. The van der Waals surface area contributed by atoms with Gasteiger partial charge in [0.1, 0.15) is 5.82 Å². The lowest BCUT2D eigenvalue weighted by atomic mass is 10.2. The topological polar surface area (TPSA) is 53.5 Å². The van der Waals surface area contributed by atoms with E-state index < -0.39 is 5.82 Å². The van der Waals surface area contributed by atoms with Gasteiger partial charge in [-0.05, 0) is 18.2 Å². The van der Waals surface area contributed by atoms with Gasteiger partial charge in [-0.25, -0.2) is 9.82 Å². The SMILES string of the molecule is COc1cc(F)cc(CNNc2ccccc2)c1O. The molecule has 0 saturated carbocycles. The largest absolute Gasteiger partial charge is 0.504 e. The van der Waals surface area contributed by atoms with Crippen LogP contribution >= 0.6 is 0 Å². The molecule has 19 heavy (non-hydrogen) atoms. The minimum atomic E-state index is -0.453. The number of nitrogens with one attached hydrogen (secondary N) is 2. The zero-order valence-corrected chi connectivity index (χ0v) is 10.5. The molecule has 5 heteroatoms. The lowest BCUT2D eigenvalue weighted by Gasteiger charge is -2.11. The number of benzene rings is 2. The first kappa shape index (κ1) is 13.2. The van der Waals surface area contributed by atoms with Crippen LogP contribution in [0.15, 0.2) is 42.5 Å². The number of methoxy groups -OCH3 is 1. The third-order valence-corrected chi connectivity index (χ3v) is 2.62. The van der Waals surface area contributed by atoms with Gasteiger partial charge in [-0.2, -0.15) is 0 Å². The van der Waals surface area contributed by atoms with Gasteiger partial charge in [0.25, 0.3) is 0 Å². The van der Waals surface area contributed by atoms with E-state index >= 15 is 0 Å². The predicted octanol–water partition coefficient (Wildman–Crippen LogP) is 2.66. The van der Waals surface area contributed by atoms with Gasteiger partial charge in [-0.15, -0.1) is 0 Å². The van der Waals surface area contributed by atoms with Gasteiger partial charge in [-0.1, -0.05) is 18.2 Å². The van der Waals surface area contributed by atoms with Crippen molar-refractivity contribution in [2.75, 3.05) is 12.5 Å². The molecule has 0 aromatic heterocycles. The molecule has 0 heterocycles. The fourth-order valence-corrected chi connectivity index (χ4v) is 1.68. The normalized spacial score (nSPS) is 10.2. The van der Waals surface area contributed by atoms with Crippen molar-refractivity contribution >= 4 is 5.69 Å². The van der Waals surface area contributed by atoms with Gasteiger partial charge < -0.3 is 15.3 Å². The molecular weight excluding hydrogens is 247 g/mol. The fourth-order valence-electron chi connectivity index (χ4n) is 1.68. The number of aromatic hydroxyl groups is 1. The summed E-state index contributed by atoms with van der Waals surface area (Å²) in [5, 5.41) is 9.85. The minimum absolute atomic E-state index is 0.0636. The van der Waals surface area contributed by atoms with Crippen molar-refractivity contribution in [1.29, 1.82) is 0 Å². The average molecular weight is 262 g/mol. The number of halogens is 1. The molecule has 0 fully saturated rings. The highest BCUT2D eigenvalue weighted by atomic mass is 19.1. The van der Waals surface area contributed by atoms with E-state index in [1.54, 1.807) is 0 Å². The molecular formula is C14H15FN2O2. The standard InChI is InChI=1S/C14H15FN2O2/c1-19-13-8-11(15)7-10(14(13)18)9-16-17-12-5-3-2-4-6-12/h2-8,16-18H,9H2,1H3. The van der Waals surface area contributed by atoms with Crippen LogP contribution in [0, 0.1) is 5.82 Å². The smallest absolute Gasteiger partial charge is 0.163 e. The summed E-state index contributed by atoms with van der Waals surface area (Å²) in [5.74, 6) is -0.395. The first-order chi connectivity index (χ1) is 9.20. The van der Waals surface area contributed by atoms with Crippen LogP contribution in [0.5, 0.6) is 11.5 Å². The van der Waals surface area contributed by atoms with Gasteiger partial charge in [0.05, 0.1) is 7.11 Å². The number of para-hydroxylation sites is 1. The summed E-state index contributed by atoms with van der Waals surface area (Å²) in [7, 11) is 1.38. The Bertz CT molecular complexity index is 547. The summed E-state index contributed by atoms with van der Waals surface area (Å²) in [6.45, 7) is 0.259. The van der Waals surface area contributed by atoms with Crippen LogP contribution < -0.4 is 15.6 Å². The van der Waals surface area contributed by atoms with Crippen molar-refractivity contribution in [2.45, 2.75) is 6.54 Å². The van der Waals surface area contributed by atoms with Gasteiger partial charge in [-0.3, -0.25) is 0 Å². The Balaban J connectivity index is 2.02. The molecule has 0 aliphatic carbocycles. The van der Waals surface area contributed by atoms with E-state index in [1.807, 2.05) is 30.3 Å².